The van der Waals surface area contributed by atoms with Gasteiger partial charge in [0.1, 0.15) is 0 Å². The molecule has 5 heteroatoms. The van der Waals surface area contributed by atoms with E-state index in [0.717, 1.165) is 31.1 Å². The van der Waals surface area contributed by atoms with Crippen LogP contribution in [0.5, 0.6) is 0 Å². The van der Waals surface area contributed by atoms with Gasteiger partial charge in [0.15, 0.2) is 0 Å². The van der Waals surface area contributed by atoms with Gasteiger partial charge in [0.2, 0.25) is 0 Å². The van der Waals surface area contributed by atoms with Crippen molar-refractivity contribution in [2.45, 2.75) is 51.7 Å². The normalized spacial score (nSPS) is 16.4. The minimum atomic E-state index is 0.197. The zero-order chi connectivity index (χ0) is 12.3. The molecule has 1 aliphatic rings. The number of hydrogen-bond donors (Lipinski definition) is 2. The summed E-state index contributed by atoms with van der Waals surface area (Å²) in [4.78, 5) is 0. The van der Waals surface area contributed by atoms with Crippen LogP contribution in [-0.2, 0) is 13.1 Å². The molecular weight excluding hydrogens is 216 g/mol. The predicted octanol–water partition coefficient (Wildman–Crippen LogP) is 0.939. The van der Waals surface area contributed by atoms with E-state index < -0.39 is 0 Å². The lowest BCUT2D eigenvalue weighted by atomic mass is 9.99. The van der Waals surface area contributed by atoms with Gasteiger partial charge in [-0.1, -0.05) is 5.21 Å². The quantitative estimate of drug-likeness (QED) is 0.742. The van der Waals surface area contributed by atoms with Crippen molar-refractivity contribution in [2.24, 2.45) is 5.92 Å². The standard InChI is InChI=1S/C12H22N4O/c1-12(2,10-4-5-10)13-8-11-9-16(15-14-11)6-3-7-17/h9-10,13,17H,3-8H2,1-2H3. The van der Waals surface area contributed by atoms with Crippen molar-refractivity contribution in [2.75, 3.05) is 6.61 Å². The first-order valence-corrected chi connectivity index (χ1v) is 6.37. The van der Waals surface area contributed by atoms with Gasteiger partial charge in [-0.05, 0) is 39.0 Å². The Labute approximate surface area is 102 Å². The first-order chi connectivity index (χ1) is 8.12. The Morgan fingerprint density at radius 1 is 1.53 bits per heavy atom. The molecule has 96 valence electrons. The molecule has 0 spiro atoms. The number of aliphatic hydroxyl groups excluding tert-OH is 1. The van der Waals surface area contributed by atoms with Crippen molar-refractivity contribution in [3.63, 3.8) is 0 Å². The number of rotatable bonds is 7. The highest BCUT2D eigenvalue weighted by Gasteiger charge is 2.37. The van der Waals surface area contributed by atoms with E-state index in [1.807, 2.05) is 6.20 Å². The Bertz CT molecular complexity index is 357. The zero-order valence-corrected chi connectivity index (χ0v) is 10.7. The lowest BCUT2D eigenvalue weighted by Crippen LogP contribution is -2.40. The van der Waals surface area contributed by atoms with Crippen LogP contribution in [0, 0.1) is 5.92 Å². The van der Waals surface area contributed by atoms with Gasteiger partial charge in [0.25, 0.3) is 0 Å². The lowest BCUT2D eigenvalue weighted by Gasteiger charge is -2.25. The molecule has 0 aliphatic heterocycles. The smallest absolute Gasteiger partial charge is 0.0965 e. The van der Waals surface area contributed by atoms with Crippen LogP contribution in [-0.4, -0.2) is 32.2 Å². The molecule has 0 bridgehead atoms. The van der Waals surface area contributed by atoms with Gasteiger partial charge in [0, 0.05) is 31.4 Å². The molecule has 1 aliphatic carbocycles. The van der Waals surface area contributed by atoms with Crippen molar-refractivity contribution in [1.82, 2.24) is 20.3 Å². The van der Waals surface area contributed by atoms with Crippen LogP contribution in [0.15, 0.2) is 6.20 Å². The van der Waals surface area contributed by atoms with Crippen molar-refractivity contribution in [3.8, 4) is 0 Å². The molecule has 1 aromatic heterocycles. The molecule has 0 amide bonds. The monoisotopic (exact) mass is 238 g/mol. The third-order valence-corrected chi connectivity index (χ3v) is 3.45. The highest BCUT2D eigenvalue weighted by molar-refractivity contribution is 4.98. The summed E-state index contributed by atoms with van der Waals surface area (Å²) >= 11 is 0. The molecule has 1 saturated carbocycles. The zero-order valence-electron chi connectivity index (χ0n) is 10.7. The fourth-order valence-electron chi connectivity index (χ4n) is 2.03. The van der Waals surface area contributed by atoms with E-state index in [4.69, 9.17) is 5.11 Å². The topological polar surface area (TPSA) is 63.0 Å². The minimum Gasteiger partial charge on any atom is -0.396 e. The number of nitrogens with one attached hydrogen (secondary N) is 1. The highest BCUT2D eigenvalue weighted by atomic mass is 16.3. The summed E-state index contributed by atoms with van der Waals surface area (Å²) < 4.78 is 1.79. The third-order valence-electron chi connectivity index (χ3n) is 3.45. The largest absolute Gasteiger partial charge is 0.396 e. The van der Waals surface area contributed by atoms with Crippen LogP contribution in [0.1, 0.15) is 38.8 Å². The van der Waals surface area contributed by atoms with E-state index >= 15 is 0 Å². The summed E-state index contributed by atoms with van der Waals surface area (Å²) in [6.07, 6.45) is 5.35. The molecule has 0 radical (unpaired) electrons. The fourth-order valence-corrected chi connectivity index (χ4v) is 2.03. The van der Waals surface area contributed by atoms with E-state index in [9.17, 15) is 0 Å². The first kappa shape index (κ1) is 12.5. The fraction of sp³-hybridized carbons (Fsp3) is 0.833. The Morgan fingerprint density at radius 3 is 2.94 bits per heavy atom. The average molecular weight is 238 g/mol. The molecule has 0 saturated heterocycles. The van der Waals surface area contributed by atoms with Gasteiger partial charge in [-0.25, -0.2) is 0 Å². The molecular formula is C12H22N4O. The minimum absolute atomic E-state index is 0.197. The van der Waals surface area contributed by atoms with Gasteiger partial charge in [-0.15, -0.1) is 5.10 Å². The summed E-state index contributed by atoms with van der Waals surface area (Å²) in [6, 6.07) is 0. The van der Waals surface area contributed by atoms with Gasteiger partial charge < -0.3 is 10.4 Å². The van der Waals surface area contributed by atoms with E-state index in [1.54, 1.807) is 4.68 Å². The summed E-state index contributed by atoms with van der Waals surface area (Å²) in [7, 11) is 0. The molecule has 1 fully saturated rings. The Morgan fingerprint density at radius 2 is 2.29 bits per heavy atom. The van der Waals surface area contributed by atoms with Crippen LogP contribution in [0.25, 0.3) is 0 Å². The molecule has 0 aromatic carbocycles. The summed E-state index contributed by atoms with van der Waals surface area (Å²) in [5, 5.41) is 20.4. The van der Waals surface area contributed by atoms with Crippen LogP contribution in [0.2, 0.25) is 0 Å². The van der Waals surface area contributed by atoms with Crippen LogP contribution in [0.3, 0.4) is 0 Å². The molecule has 1 heterocycles. The second-order valence-corrected chi connectivity index (χ2v) is 5.40. The molecule has 2 rings (SSSR count). The molecule has 1 aromatic rings. The van der Waals surface area contributed by atoms with E-state index in [2.05, 4.69) is 29.5 Å². The van der Waals surface area contributed by atoms with Crippen LogP contribution in [0.4, 0.5) is 0 Å². The second-order valence-electron chi connectivity index (χ2n) is 5.40. The number of aryl methyl sites for hydroxylation is 1. The van der Waals surface area contributed by atoms with Crippen LogP contribution >= 0.6 is 0 Å². The number of aliphatic hydroxyl groups is 1. The van der Waals surface area contributed by atoms with Gasteiger partial charge in [-0.2, -0.15) is 0 Å². The number of aromatic nitrogens is 3. The Balaban J connectivity index is 1.80. The summed E-state index contributed by atoms with van der Waals surface area (Å²) in [5.74, 6) is 0.812. The highest BCUT2D eigenvalue weighted by Crippen LogP contribution is 2.39. The average Bonchev–Trinajstić information content (AvgIpc) is 3.06. The van der Waals surface area contributed by atoms with Crippen molar-refractivity contribution in [1.29, 1.82) is 0 Å². The maximum atomic E-state index is 8.74. The van der Waals surface area contributed by atoms with E-state index in [1.165, 1.54) is 12.8 Å². The van der Waals surface area contributed by atoms with Crippen molar-refractivity contribution in [3.05, 3.63) is 11.9 Å². The molecule has 2 N–H and O–H groups in total. The third kappa shape index (κ3) is 3.51. The maximum Gasteiger partial charge on any atom is 0.0965 e. The van der Waals surface area contributed by atoms with Gasteiger partial charge >= 0.3 is 0 Å². The first-order valence-electron chi connectivity index (χ1n) is 6.37. The summed E-state index contributed by atoms with van der Waals surface area (Å²) in [5.41, 5.74) is 1.17. The summed E-state index contributed by atoms with van der Waals surface area (Å²) in [6.45, 7) is 6.20. The number of hydrogen-bond acceptors (Lipinski definition) is 4. The second kappa shape index (κ2) is 5.14. The van der Waals surface area contributed by atoms with E-state index in [-0.39, 0.29) is 12.1 Å². The molecule has 0 unspecified atom stereocenters. The number of nitrogens with zero attached hydrogens (tertiary/aromatic N) is 3. The van der Waals surface area contributed by atoms with Crippen molar-refractivity contribution >= 4 is 0 Å². The van der Waals surface area contributed by atoms with Gasteiger partial charge in [0.05, 0.1) is 5.69 Å². The predicted molar refractivity (Wildman–Crippen MR) is 65.4 cm³/mol. The maximum absolute atomic E-state index is 8.74. The Kier molecular flexibility index (Phi) is 3.79. The molecule has 0 atom stereocenters. The van der Waals surface area contributed by atoms with Gasteiger partial charge in [-0.3, -0.25) is 4.68 Å². The lowest BCUT2D eigenvalue weighted by molar-refractivity contribution is 0.276. The van der Waals surface area contributed by atoms with Crippen molar-refractivity contribution < 1.29 is 5.11 Å². The molecule has 5 nitrogen and oxygen atoms in total. The Hall–Kier alpha value is -0.940. The molecule has 17 heavy (non-hydrogen) atoms. The van der Waals surface area contributed by atoms with Crippen LogP contribution < -0.4 is 5.32 Å². The van der Waals surface area contributed by atoms with E-state index in [0.29, 0.717) is 0 Å². The SMILES string of the molecule is CC(C)(NCc1cn(CCCO)nn1)C1CC1.